The van der Waals surface area contributed by atoms with E-state index in [9.17, 15) is 9.59 Å². The fourth-order valence-corrected chi connectivity index (χ4v) is 2.67. The molecule has 2 aromatic rings. The SMILES string of the molecule is Cc1cnn2c1NC(=O)C(c1ccccc1Br)C2=O. The monoisotopic (exact) mass is 319 g/mol. The number of nitrogens with zero attached hydrogens (tertiary/aromatic N) is 2. The second-order valence-electron chi connectivity index (χ2n) is 4.37. The molecule has 1 aromatic carbocycles. The van der Waals surface area contributed by atoms with Crippen LogP contribution in [-0.4, -0.2) is 21.6 Å². The predicted molar refractivity (Wildman–Crippen MR) is 73.1 cm³/mol. The second-order valence-corrected chi connectivity index (χ2v) is 5.22. The molecule has 6 heteroatoms. The minimum Gasteiger partial charge on any atom is -0.309 e. The molecule has 1 aliphatic heterocycles. The first kappa shape index (κ1) is 12.1. The highest BCUT2D eigenvalue weighted by atomic mass is 79.9. The molecule has 19 heavy (non-hydrogen) atoms. The highest BCUT2D eigenvalue weighted by Crippen LogP contribution is 2.31. The maximum absolute atomic E-state index is 12.4. The van der Waals surface area contributed by atoms with Crippen LogP contribution in [0.15, 0.2) is 34.9 Å². The number of anilines is 1. The average molecular weight is 320 g/mol. The number of rotatable bonds is 1. The maximum Gasteiger partial charge on any atom is 0.265 e. The van der Waals surface area contributed by atoms with E-state index in [1.807, 2.05) is 6.07 Å². The van der Waals surface area contributed by atoms with Crippen LogP contribution >= 0.6 is 15.9 Å². The Morgan fingerprint density at radius 3 is 2.79 bits per heavy atom. The van der Waals surface area contributed by atoms with Crippen LogP contribution in [-0.2, 0) is 4.79 Å². The zero-order valence-corrected chi connectivity index (χ0v) is 11.6. The third kappa shape index (κ3) is 1.79. The van der Waals surface area contributed by atoms with E-state index in [0.29, 0.717) is 11.4 Å². The summed E-state index contributed by atoms with van der Waals surface area (Å²) in [5.41, 5.74) is 1.41. The molecule has 0 spiro atoms. The van der Waals surface area contributed by atoms with Gasteiger partial charge in [-0.1, -0.05) is 34.1 Å². The molecule has 1 amide bonds. The zero-order chi connectivity index (χ0) is 13.6. The van der Waals surface area contributed by atoms with Gasteiger partial charge in [0.15, 0.2) is 0 Å². The van der Waals surface area contributed by atoms with E-state index in [0.717, 1.165) is 10.0 Å². The van der Waals surface area contributed by atoms with Gasteiger partial charge < -0.3 is 5.32 Å². The Morgan fingerprint density at radius 2 is 2.05 bits per heavy atom. The molecule has 0 fully saturated rings. The van der Waals surface area contributed by atoms with Crippen molar-refractivity contribution in [3.8, 4) is 0 Å². The summed E-state index contributed by atoms with van der Waals surface area (Å²) in [6, 6.07) is 7.19. The van der Waals surface area contributed by atoms with Crippen molar-refractivity contribution in [3.05, 3.63) is 46.1 Å². The van der Waals surface area contributed by atoms with Crippen molar-refractivity contribution in [1.29, 1.82) is 0 Å². The van der Waals surface area contributed by atoms with Crippen LogP contribution in [0, 0.1) is 6.92 Å². The van der Waals surface area contributed by atoms with Crippen LogP contribution in [0.1, 0.15) is 21.8 Å². The first-order chi connectivity index (χ1) is 9.09. The lowest BCUT2D eigenvalue weighted by molar-refractivity contribution is -0.117. The first-order valence-electron chi connectivity index (χ1n) is 5.73. The summed E-state index contributed by atoms with van der Waals surface area (Å²) in [7, 11) is 0. The van der Waals surface area contributed by atoms with Gasteiger partial charge >= 0.3 is 0 Å². The number of carbonyl (C=O) groups is 2. The topological polar surface area (TPSA) is 64.0 Å². The van der Waals surface area contributed by atoms with Gasteiger partial charge in [0, 0.05) is 10.0 Å². The fourth-order valence-electron chi connectivity index (χ4n) is 2.16. The van der Waals surface area contributed by atoms with Crippen LogP contribution in [0.25, 0.3) is 0 Å². The fraction of sp³-hybridized carbons (Fsp3) is 0.154. The summed E-state index contributed by atoms with van der Waals surface area (Å²) in [6.45, 7) is 1.80. The van der Waals surface area contributed by atoms with E-state index in [4.69, 9.17) is 0 Å². The smallest absolute Gasteiger partial charge is 0.265 e. The summed E-state index contributed by atoms with van der Waals surface area (Å²) in [4.78, 5) is 24.6. The lowest BCUT2D eigenvalue weighted by Crippen LogP contribution is -2.38. The molecule has 0 saturated carbocycles. The van der Waals surface area contributed by atoms with E-state index in [1.165, 1.54) is 4.68 Å². The van der Waals surface area contributed by atoms with Crippen molar-refractivity contribution >= 4 is 33.6 Å². The van der Waals surface area contributed by atoms with Gasteiger partial charge in [-0.05, 0) is 18.6 Å². The van der Waals surface area contributed by atoms with Crippen molar-refractivity contribution < 1.29 is 9.59 Å². The lowest BCUT2D eigenvalue weighted by atomic mass is 9.96. The summed E-state index contributed by atoms with van der Waals surface area (Å²) in [6.07, 6.45) is 1.57. The normalized spacial score (nSPS) is 18.1. The molecule has 1 atom stereocenters. The molecule has 3 rings (SSSR count). The van der Waals surface area contributed by atoms with Crippen molar-refractivity contribution in [2.75, 3.05) is 5.32 Å². The summed E-state index contributed by atoms with van der Waals surface area (Å²) < 4.78 is 1.98. The molecule has 2 heterocycles. The molecule has 5 nitrogen and oxygen atoms in total. The van der Waals surface area contributed by atoms with Gasteiger partial charge in [-0.3, -0.25) is 9.59 Å². The summed E-state index contributed by atoms with van der Waals surface area (Å²) >= 11 is 3.37. The van der Waals surface area contributed by atoms with E-state index in [1.54, 1.807) is 31.3 Å². The minimum absolute atomic E-state index is 0.326. The Bertz CT molecular complexity index is 693. The molecular formula is C13H10BrN3O2. The number of hydrogen-bond acceptors (Lipinski definition) is 3. The van der Waals surface area contributed by atoms with Crippen molar-refractivity contribution in [2.24, 2.45) is 0 Å². The van der Waals surface area contributed by atoms with E-state index in [-0.39, 0.29) is 11.8 Å². The van der Waals surface area contributed by atoms with Gasteiger partial charge in [-0.2, -0.15) is 9.78 Å². The second kappa shape index (κ2) is 4.31. The van der Waals surface area contributed by atoms with E-state index >= 15 is 0 Å². The number of fused-ring (bicyclic) bond motifs is 1. The molecule has 0 saturated heterocycles. The van der Waals surface area contributed by atoms with Crippen LogP contribution in [0.5, 0.6) is 0 Å². The third-order valence-electron chi connectivity index (χ3n) is 3.13. The molecular weight excluding hydrogens is 310 g/mol. The van der Waals surface area contributed by atoms with Crippen molar-refractivity contribution in [1.82, 2.24) is 9.78 Å². The molecule has 1 unspecified atom stereocenters. The molecule has 0 radical (unpaired) electrons. The van der Waals surface area contributed by atoms with Crippen LogP contribution in [0.3, 0.4) is 0 Å². The predicted octanol–water partition coefficient (Wildman–Crippen LogP) is 2.33. The first-order valence-corrected chi connectivity index (χ1v) is 6.53. The standard InChI is InChI=1S/C13H10BrN3O2/c1-7-6-15-17-11(7)16-12(18)10(13(17)19)8-4-2-3-5-9(8)14/h2-6,10H,1H3,(H,16,18). The number of benzene rings is 1. The van der Waals surface area contributed by atoms with Crippen molar-refractivity contribution in [2.45, 2.75) is 12.8 Å². The van der Waals surface area contributed by atoms with Gasteiger partial charge in [-0.15, -0.1) is 0 Å². The number of halogens is 1. The third-order valence-corrected chi connectivity index (χ3v) is 3.85. The lowest BCUT2D eigenvalue weighted by Gasteiger charge is -2.23. The minimum atomic E-state index is -0.873. The summed E-state index contributed by atoms with van der Waals surface area (Å²) in [5, 5.41) is 6.75. The van der Waals surface area contributed by atoms with Crippen LogP contribution in [0.4, 0.5) is 5.82 Å². The molecule has 0 bridgehead atoms. The number of amides is 1. The number of aryl methyl sites for hydroxylation is 1. The Kier molecular flexibility index (Phi) is 2.74. The average Bonchev–Trinajstić information content (AvgIpc) is 2.74. The maximum atomic E-state index is 12.4. The number of aromatic nitrogens is 2. The van der Waals surface area contributed by atoms with Gasteiger partial charge in [0.05, 0.1) is 6.20 Å². The van der Waals surface area contributed by atoms with Gasteiger partial charge in [0.25, 0.3) is 5.91 Å². The molecule has 96 valence electrons. The van der Waals surface area contributed by atoms with E-state index < -0.39 is 5.92 Å². The zero-order valence-electron chi connectivity index (χ0n) is 10.1. The van der Waals surface area contributed by atoms with Gasteiger partial charge in [0.1, 0.15) is 11.7 Å². The van der Waals surface area contributed by atoms with Gasteiger partial charge in [-0.25, -0.2) is 0 Å². The highest BCUT2D eigenvalue weighted by molar-refractivity contribution is 9.10. The van der Waals surface area contributed by atoms with E-state index in [2.05, 4.69) is 26.3 Å². The van der Waals surface area contributed by atoms with Crippen LogP contribution in [0.2, 0.25) is 0 Å². The molecule has 1 N–H and O–H groups in total. The number of nitrogens with one attached hydrogen (secondary N) is 1. The largest absolute Gasteiger partial charge is 0.309 e. The molecule has 1 aliphatic rings. The highest BCUT2D eigenvalue weighted by Gasteiger charge is 2.37. The van der Waals surface area contributed by atoms with Gasteiger partial charge in [0.2, 0.25) is 5.91 Å². The number of hydrogen-bond donors (Lipinski definition) is 1. The summed E-state index contributed by atoms with van der Waals surface area (Å²) in [5.74, 6) is -1.08. The van der Waals surface area contributed by atoms with Crippen molar-refractivity contribution in [3.63, 3.8) is 0 Å². The Hall–Kier alpha value is -1.95. The van der Waals surface area contributed by atoms with Crippen LogP contribution < -0.4 is 5.32 Å². The molecule has 0 aliphatic carbocycles. The molecule has 1 aromatic heterocycles. The Balaban J connectivity index is 2.12. The number of carbonyl (C=O) groups excluding carboxylic acids is 2. The Morgan fingerprint density at radius 1 is 1.32 bits per heavy atom. The quantitative estimate of drug-likeness (QED) is 0.820. The Labute approximate surface area is 117 Å².